The smallest absolute Gasteiger partial charge is 0.244 e. The van der Waals surface area contributed by atoms with Crippen LogP contribution in [-0.4, -0.2) is 11.5 Å². The molecule has 0 N–H and O–H groups in total. The second kappa shape index (κ2) is 5.67. The summed E-state index contributed by atoms with van der Waals surface area (Å²) >= 11 is 0. The Hall–Kier alpha value is -1.84. The van der Waals surface area contributed by atoms with Crippen LogP contribution in [0.1, 0.15) is 43.4 Å². The lowest BCUT2D eigenvalue weighted by molar-refractivity contribution is -0.491. The summed E-state index contributed by atoms with van der Waals surface area (Å²) < 4.78 is 5.75. The number of ether oxygens (including phenoxy) is 1. The molecule has 4 heteroatoms. The van der Waals surface area contributed by atoms with Crippen LogP contribution in [0.3, 0.4) is 0 Å². The minimum Gasteiger partial charge on any atom is -0.483 e. The van der Waals surface area contributed by atoms with Gasteiger partial charge in [-0.05, 0) is 18.1 Å². The van der Waals surface area contributed by atoms with Gasteiger partial charge in [-0.1, -0.05) is 37.6 Å². The van der Waals surface area contributed by atoms with Crippen molar-refractivity contribution in [2.75, 3.05) is 6.54 Å². The van der Waals surface area contributed by atoms with Crippen molar-refractivity contribution in [1.29, 1.82) is 0 Å². The number of unbranched alkanes of at least 4 members (excludes halogenated alkanes) is 1. The van der Waals surface area contributed by atoms with Crippen LogP contribution in [0, 0.1) is 10.1 Å². The lowest BCUT2D eigenvalue weighted by Gasteiger charge is -2.24. The van der Waals surface area contributed by atoms with Gasteiger partial charge in [-0.2, -0.15) is 0 Å². The third kappa shape index (κ3) is 2.88. The number of rotatable bonds is 5. The standard InChI is InChI=1S/C14H17NO3/c1-2-3-7-12-9-11-6-4-5-8-13(11)14(18-12)10-15(16)17/h4-6,8-9,14H,2-3,7,10H2,1H3. The highest BCUT2D eigenvalue weighted by atomic mass is 16.6. The molecule has 18 heavy (non-hydrogen) atoms. The third-order valence-corrected chi connectivity index (χ3v) is 3.04. The summed E-state index contributed by atoms with van der Waals surface area (Å²) in [5.74, 6) is 0.863. The first-order chi connectivity index (χ1) is 8.70. The molecule has 2 rings (SSSR count). The van der Waals surface area contributed by atoms with Crippen LogP contribution in [0.2, 0.25) is 0 Å². The van der Waals surface area contributed by atoms with Crippen LogP contribution in [0.25, 0.3) is 6.08 Å². The van der Waals surface area contributed by atoms with E-state index in [-0.39, 0.29) is 11.5 Å². The normalized spacial score (nSPS) is 17.6. The first kappa shape index (κ1) is 12.6. The van der Waals surface area contributed by atoms with Crippen LogP contribution < -0.4 is 0 Å². The molecule has 1 aromatic rings. The summed E-state index contributed by atoms with van der Waals surface area (Å²) in [6.45, 7) is 1.94. The molecule has 0 amide bonds. The summed E-state index contributed by atoms with van der Waals surface area (Å²) in [6, 6.07) is 7.72. The Kier molecular flexibility index (Phi) is 3.97. The van der Waals surface area contributed by atoms with Crippen LogP contribution in [0.4, 0.5) is 0 Å². The molecule has 0 spiro atoms. The van der Waals surface area contributed by atoms with Crippen molar-refractivity contribution in [1.82, 2.24) is 0 Å². The number of nitrogens with zero attached hydrogens (tertiary/aromatic N) is 1. The molecule has 1 aliphatic rings. The maximum Gasteiger partial charge on any atom is 0.244 e. The van der Waals surface area contributed by atoms with Crippen molar-refractivity contribution in [3.63, 3.8) is 0 Å². The Morgan fingerprint density at radius 1 is 1.39 bits per heavy atom. The van der Waals surface area contributed by atoms with E-state index in [1.807, 2.05) is 30.3 Å². The van der Waals surface area contributed by atoms with Gasteiger partial charge in [0.25, 0.3) is 0 Å². The molecule has 0 bridgehead atoms. The van der Waals surface area contributed by atoms with E-state index in [2.05, 4.69) is 6.92 Å². The number of allylic oxidation sites excluding steroid dienone is 1. The molecule has 0 saturated carbocycles. The molecule has 1 unspecified atom stereocenters. The number of fused-ring (bicyclic) bond motifs is 1. The summed E-state index contributed by atoms with van der Waals surface area (Å²) in [4.78, 5) is 10.4. The fourth-order valence-corrected chi connectivity index (χ4v) is 2.14. The number of benzene rings is 1. The predicted octanol–water partition coefficient (Wildman–Crippen LogP) is 3.57. The number of nitro groups is 1. The van der Waals surface area contributed by atoms with E-state index in [9.17, 15) is 10.1 Å². The number of hydrogen-bond acceptors (Lipinski definition) is 3. The molecule has 0 aliphatic carbocycles. The maximum absolute atomic E-state index is 10.7. The molecule has 0 aromatic heterocycles. The third-order valence-electron chi connectivity index (χ3n) is 3.04. The van der Waals surface area contributed by atoms with Gasteiger partial charge in [-0.25, -0.2) is 0 Å². The van der Waals surface area contributed by atoms with Gasteiger partial charge < -0.3 is 4.74 Å². The predicted molar refractivity (Wildman–Crippen MR) is 69.6 cm³/mol. The van der Waals surface area contributed by atoms with Crippen molar-refractivity contribution in [3.8, 4) is 0 Å². The van der Waals surface area contributed by atoms with Gasteiger partial charge in [0.15, 0.2) is 6.10 Å². The molecular weight excluding hydrogens is 230 g/mol. The fraction of sp³-hybridized carbons (Fsp3) is 0.429. The SMILES string of the molecule is CCCCC1=Cc2ccccc2C(C[N+](=O)[O-])O1. The van der Waals surface area contributed by atoms with Crippen LogP contribution in [0.15, 0.2) is 30.0 Å². The second-order valence-corrected chi connectivity index (χ2v) is 4.46. The Morgan fingerprint density at radius 2 is 2.17 bits per heavy atom. The molecular formula is C14H17NO3. The Bertz CT molecular complexity index is 468. The zero-order valence-corrected chi connectivity index (χ0v) is 10.5. The highest BCUT2D eigenvalue weighted by Crippen LogP contribution is 2.33. The lowest BCUT2D eigenvalue weighted by Crippen LogP contribution is -2.19. The quantitative estimate of drug-likeness (QED) is 0.590. The van der Waals surface area contributed by atoms with Crippen molar-refractivity contribution in [3.05, 3.63) is 51.3 Å². The average Bonchev–Trinajstić information content (AvgIpc) is 2.35. The minimum absolute atomic E-state index is 0.180. The first-order valence-corrected chi connectivity index (χ1v) is 6.28. The van der Waals surface area contributed by atoms with E-state index >= 15 is 0 Å². The largest absolute Gasteiger partial charge is 0.483 e. The van der Waals surface area contributed by atoms with Gasteiger partial charge in [-0.15, -0.1) is 0 Å². The highest BCUT2D eigenvalue weighted by Gasteiger charge is 2.26. The van der Waals surface area contributed by atoms with Crippen molar-refractivity contribution in [2.24, 2.45) is 0 Å². The van der Waals surface area contributed by atoms with E-state index in [1.165, 1.54) is 0 Å². The van der Waals surface area contributed by atoms with Gasteiger partial charge in [0.2, 0.25) is 6.54 Å². The van der Waals surface area contributed by atoms with Gasteiger partial charge in [0.05, 0.1) is 5.76 Å². The van der Waals surface area contributed by atoms with Gasteiger partial charge >= 0.3 is 0 Å². The Morgan fingerprint density at radius 3 is 2.89 bits per heavy atom. The number of hydrogen-bond donors (Lipinski definition) is 0. The molecule has 4 nitrogen and oxygen atoms in total. The summed E-state index contributed by atoms with van der Waals surface area (Å²) in [7, 11) is 0. The fourth-order valence-electron chi connectivity index (χ4n) is 2.14. The molecule has 96 valence electrons. The van der Waals surface area contributed by atoms with Gasteiger partial charge in [0.1, 0.15) is 0 Å². The summed E-state index contributed by atoms with van der Waals surface area (Å²) in [5.41, 5.74) is 1.95. The summed E-state index contributed by atoms with van der Waals surface area (Å²) in [5, 5.41) is 10.7. The minimum atomic E-state index is -0.451. The molecule has 1 heterocycles. The second-order valence-electron chi connectivity index (χ2n) is 4.46. The highest BCUT2D eigenvalue weighted by molar-refractivity contribution is 5.58. The zero-order valence-electron chi connectivity index (χ0n) is 10.5. The first-order valence-electron chi connectivity index (χ1n) is 6.28. The van der Waals surface area contributed by atoms with E-state index in [0.717, 1.165) is 36.1 Å². The van der Waals surface area contributed by atoms with Crippen LogP contribution >= 0.6 is 0 Å². The van der Waals surface area contributed by atoms with E-state index in [4.69, 9.17) is 4.74 Å². The molecule has 1 atom stereocenters. The Balaban J connectivity index is 2.24. The molecule has 1 aromatic carbocycles. The van der Waals surface area contributed by atoms with Gasteiger partial charge in [0, 0.05) is 16.9 Å². The van der Waals surface area contributed by atoms with E-state index in [0.29, 0.717) is 0 Å². The monoisotopic (exact) mass is 247 g/mol. The topological polar surface area (TPSA) is 52.4 Å². The van der Waals surface area contributed by atoms with E-state index < -0.39 is 6.10 Å². The molecule has 0 saturated heterocycles. The van der Waals surface area contributed by atoms with Crippen molar-refractivity contribution >= 4 is 6.08 Å². The van der Waals surface area contributed by atoms with Gasteiger partial charge in [-0.3, -0.25) is 10.1 Å². The average molecular weight is 247 g/mol. The zero-order chi connectivity index (χ0) is 13.0. The Labute approximate surface area is 106 Å². The van der Waals surface area contributed by atoms with Crippen molar-refractivity contribution in [2.45, 2.75) is 32.3 Å². The molecule has 1 aliphatic heterocycles. The molecule has 0 radical (unpaired) electrons. The van der Waals surface area contributed by atoms with Crippen LogP contribution in [0.5, 0.6) is 0 Å². The summed E-state index contributed by atoms with van der Waals surface area (Å²) in [6.07, 6.45) is 4.52. The molecule has 0 fully saturated rings. The lowest BCUT2D eigenvalue weighted by atomic mass is 9.98. The van der Waals surface area contributed by atoms with Crippen molar-refractivity contribution < 1.29 is 9.66 Å². The maximum atomic E-state index is 10.7. The van der Waals surface area contributed by atoms with E-state index in [1.54, 1.807) is 0 Å². The van der Waals surface area contributed by atoms with Crippen LogP contribution in [-0.2, 0) is 4.74 Å².